The van der Waals surface area contributed by atoms with E-state index in [0.717, 1.165) is 17.8 Å². The minimum Gasteiger partial charge on any atom is -0.357 e. The van der Waals surface area contributed by atoms with Crippen molar-refractivity contribution in [3.63, 3.8) is 0 Å². The molecule has 0 aromatic heterocycles. The van der Waals surface area contributed by atoms with Gasteiger partial charge in [0.2, 0.25) is 0 Å². The Bertz CT molecular complexity index is 510. The molecule has 1 fully saturated rings. The zero-order valence-electron chi connectivity index (χ0n) is 16.3. The molecule has 0 radical (unpaired) electrons. The Morgan fingerprint density at radius 1 is 1.28 bits per heavy atom. The van der Waals surface area contributed by atoms with Crippen LogP contribution >= 0.6 is 35.7 Å². The number of nitrogens with one attached hydrogen (secondary N) is 2. The summed E-state index contributed by atoms with van der Waals surface area (Å²) in [7, 11) is -2.92. The van der Waals surface area contributed by atoms with Crippen LogP contribution in [0.5, 0.6) is 0 Å². The van der Waals surface area contributed by atoms with Gasteiger partial charge in [-0.2, -0.15) is 11.8 Å². The van der Waals surface area contributed by atoms with Crippen LogP contribution in [-0.4, -0.2) is 56.5 Å². The molecular weight excluding hydrogens is 469 g/mol. The molecule has 1 saturated carbocycles. The van der Waals surface area contributed by atoms with Gasteiger partial charge >= 0.3 is 0 Å². The first-order valence-electron chi connectivity index (χ1n) is 8.99. The Balaban J connectivity index is 0.00000576. The van der Waals surface area contributed by atoms with Gasteiger partial charge in [0.15, 0.2) is 5.96 Å². The van der Waals surface area contributed by atoms with Crippen LogP contribution in [0.3, 0.4) is 0 Å². The summed E-state index contributed by atoms with van der Waals surface area (Å²) in [4.78, 5) is 4.71. The molecule has 0 bridgehead atoms. The Morgan fingerprint density at radius 3 is 2.52 bits per heavy atom. The van der Waals surface area contributed by atoms with Crippen LogP contribution in [-0.2, 0) is 9.84 Å². The summed E-state index contributed by atoms with van der Waals surface area (Å²) in [5.74, 6) is 2.26. The Morgan fingerprint density at radius 2 is 1.96 bits per heavy atom. The van der Waals surface area contributed by atoms with E-state index in [9.17, 15) is 8.42 Å². The quantitative estimate of drug-likeness (QED) is 0.286. The number of thioether (sulfide) groups is 1. The molecule has 5 nitrogen and oxygen atoms in total. The van der Waals surface area contributed by atoms with Crippen LogP contribution in [0.1, 0.15) is 53.4 Å². The fourth-order valence-corrected chi connectivity index (χ4v) is 4.87. The first-order valence-corrected chi connectivity index (χ1v) is 12.1. The second-order valence-corrected chi connectivity index (χ2v) is 11.3. The van der Waals surface area contributed by atoms with Crippen molar-refractivity contribution < 1.29 is 8.42 Å². The van der Waals surface area contributed by atoms with Crippen LogP contribution in [0.15, 0.2) is 4.99 Å². The highest BCUT2D eigenvalue weighted by atomic mass is 127. The predicted molar refractivity (Wildman–Crippen MR) is 122 cm³/mol. The molecule has 0 heterocycles. The van der Waals surface area contributed by atoms with Crippen LogP contribution in [0, 0.1) is 5.41 Å². The van der Waals surface area contributed by atoms with Crippen molar-refractivity contribution in [2.24, 2.45) is 10.4 Å². The number of guanidine groups is 1. The molecule has 1 rings (SSSR count). The molecule has 0 saturated heterocycles. The van der Waals surface area contributed by atoms with Crippen LogP contribution < -0.4 is 10.6 Å². The third kappa shape index (κ3) is 11.6. The van der Waals surface area contributed by atoms with E-state index in [1.54, 1.807) is 0 Å². The van der Waals surface area contributed by atoms with Crippen molar-refractivity contribution in [3.8, 4) is 0 Å². The Kier molecular flexibility index (Phi) is 12.0. The minimum atomic E-state index is -2.92. The van der Waals surface area contributed by atoms with Gasteiger partial charge < -0.3 is 10.6 Å². The standard InChI is InChI=1S/C17H35N3O2S2.HI/c1-6-18-16(20-14-8-9-15(12-14)23-7-2)19-13-17(3,4)10-11-24(5,21)22;/h14-15H,6-13H2,1-5H3,(H2,18,19,20);1H. The van der Waals surface area contributed by atoms with Crippen molar-refractivity contribution in [2.75, 3.05) is 30.9 Å². The summed E-state index contributed by atoms with van der Waals surface area (Å²) in [5, 5.41) is 7.64. The molecule has 2 atom stereocenters. The molecular formula is C17H36IN3O2S2. The zero-order valence-corrected chi connectivity index (χ0v) is 20.3. The first kappa shape index (κ1) is 25.3. The summed E-state index contributed by atoms with van der Waals surface area (Å²) in [5.41, 5.74) is -0.123. The van der Waals surface area contributed by atoms with E-state index in [4.69, 9.17) is 4.99 Å². The summed E-state index contributed by atoms with van der Waals surface area (Å²) < 4.78 is 22.7. The molecule has 0 spiro atoms. The van der Waals surface area contributed by atoms with E-state index in [2.05, 4.69) is 50.1 Å². The average Bonchev–Trinajstić information content (AvgIpc) is 2.90. The lowest BCUT2D eigenvalue weighted by Gasteiger charge is -2.23. The highest BCUT2D eigenvalue weighted by Gasteiger charge is 2.25. The van der Waals surface area contributed by atoms with Crippen LogP contribution in [0.2, 0.25) is 0 Å². The Labute approximate surface area is 175 Å². The van der Waals surface area contributed by atoms with Crippen LogP contribution in [0.25, 0.3) is 0 Å². The molecule has 2 unspecified atom stereocenters. The van der Waals surface area contributed by atoms with E-state index in [0.29, 0.717) is 19.0 Å². The van der Waals surface area contributed by atoms with Crippen molar-refractivity contribution in [1.82, 2.24) is 10.6 Å². The van der Waals surface area contributed by atoms with Gasteiger partial charge in [0.1, 0.15) is 9.84 Å². The molecule has 0 aromatic rings. The van der Waals surface area contributed by atoms with Gasteiger partial charge in [0, 0.05) is 30.6 Å². The van der Waals surface area contributed by atoms with Gasteiger partial charge in [-0.3, -0.25) is 4.99 Å². The third-order valence-corrected chi connectivity index (χ3v) is 6.47. The molecule has 150 valence electrons. The maximum Gasteiger partial charge on any atom is 0.191 e. The second kappa shape index (κ2) is 11.9. The average molecular weight is 506 g/mol. The van der Waals surface area contributed by atoms with E-state index in [-0.39, 0.29) is 35.1 Å². The third-order valence-electron chi connectivity index (χ3n) is 4.29. The SMILES string of the molecule is CCNC(=NCC(C)(C)CCS(C)(=O)=O)NC1CCC(SCC)C1.I. The molecule has 0 aromatic carbocycles. The molecule has 0 aliphatic heterocycles. The molecule has 0 amide bonds. The van der Waals surface area contributed by atoms with Crippen molar-refractivity contribution >= 4 is 51.5 Å². The maximum atomic E-state index is 11.4. The summed E-state index contributed by atoms with van der Waals surface area (Å²) >= 11 is 2.05. The lowest BCUT2D eigenvalue weighted by Crippen LogP contribution is -2.43. The molecule has 1 aliphatic rings. The zero-order chi connectivity index (χ0) is 18.2. The fraction of sp³-hybridized carbons (Fsp3) is 0.941. The fourth-order valence-electron chi connectivity index (χ4n) is 2.81. The monoisotopic (exact) mass is 505 g/mol. The first-order chi connectivity index (χ1) is 11.1. The van der Waals surface area contributed by atoms with Crippen LogP contribution in [0.4, 0.5) is 0 Å². The maximum absolute atomic E-state index is 11.4. The largest absolute Gasteiger partial charge is 0.357 e. The summed E-state index contributed by atoms with van der Waals surface area (Å²) in [6, 6.07) is 0.492. The number of aliphatic imine (C=N–C) groups is 1. The lowest BCUT2D eigenvalue weighted by atomic mass is 9.90. The van der Waals surface area contributed by atoms with Gasteiger partial charge in [-0.15, -0.1) is 24.0 Å². The minimum absolute atomic E-state index is 0. The van der Waals surface area contributed by atoms with Crippen molar-refractivity contribution in [1.29, 1.82) is 0 Å². The smallest absolute Gasteiger partial charge is 0.191 e. The highest BCUT2D eigenvalue weighted by molar-refractivity contribution is 14.0. The molecule has 1 aliphatic carbocycles. The predicted octanol–water partition coefficient (Wildman–Crippen LogP) is 3.29. The van der Waals surface area contributed by atoms with Gasteiger partial charge in [0.25, 0.3) is 0 Å². The molecule has 25 heavy (non-hydrogen) atoms. The number of hydrogen-bond donors (Lipinski definition) is 2. The van der Waals surface area contributed by atoms with Gasteiger partial charge in [-0.1, -0.05) is 20.8 Å². The van der Waals surface area contributed by atoms with E-state index in [1.165, 1.54) is 31.3 Å². The number of rotatable bonds is 9. The number of halogens is 1. The lowest BCUT2D eigenvalue weighted by molar-refractivity contribution is 0.365. The highest BCUT2D eigenvalue weighted by Crippen LogP contribution is 2.29. The summed E-state index contributed by atoms with van der Waals surface area (Å²) in [6.07, 6.45) is 5.59. The van der Waals surface area contributed by atoms with Gasteiger partial charge in [-0.05, 0) is 43.8 Å². The normalized spacial score (nSPS) is 21.7. The topological polar surface area (TPSA) is 70.6 Å². The number of hydrogen-bond acceptors (Lipinski definition) is 4. The van der Waals surface area contributed by atoms with E-state index < -0.39 is 9.84 Å². The number of nitrogens with zero attached hydrogens (tertiary/aromatic N) is 1. The van der Waals surface area contributed by atoms with E-state index in [1.807, 2.05) is 0 Å². The van der Waals surface area contributed by atoms with Crippen molar-refractivity contribution in [2.45, 2.75) is 64.7 Å². The Hall–Kier alpha value is 0.300. The van der Waals surface area contributed by atoms with Gasteiger partial charge in [-0.25, -0.2) is 8.42 Å². The number of sulfone groups is 1. The van der Waals surface area contributed by atoms with E-state index >= 15 is 0 Å². The molecule has 8 heteroatoms. The molecule has 2 N–H and O–H groups in total. The van der Waals surface area contributed by atoms with Crippen molar-refractivity contribution in [3.05, 3.63) is 0 Å². The summed E-state index contributed by atoms with van der Waals surface area (Å²) in [6.45, 7) is 9.89. The van der Waals surface area contributed by atoms with Gasteiger partial charge in [0.05, 0.1) is 5.75 Å². The second-order valence-electron chi connectivity index (χ2n) is 7.47.